The molecule has 0 fully saturated rings. The fourth-order valence-electron chi connectivity index (χ4n) is 9.15. The molecule has 2 nitrogen and oxygen atoms in total. The van der Waals surface area contributed by atoms with E-state index in [0.29, 0.717) is 23.8 Å². The first kappa shape index (κ1) is 29.3. The van der Waals surface area contributed by atoms with E-state index in [0.717, 1.165) is 25.7 Å². The molecule has 4 unspecified atom stereocenters. The zero-order valence-electron chi connectivity index (χ0n) is 28.2. The van der Waals surface area contributed by atoms with Crippen LogP contribution in [0.1, 0.15) is 48.6 Å². The third kappa shape index (κ3) is 4.85. The Labute approximate surface area is 294 Å². The number of allylic oxidation sites excluding steroid dienone is 9. The number of para-hydroxylation sites is 2. The monoisotopic (exact) mass is 644 g/mol. The molecule has 0 saturated heterocycles. The molecule has 10 rings (SSSR count). The minimum absolute atomic E-state index is 0.326. The molecule has 6 aromatic rings. The first-order valence-electron chi connectivity index (χ1n) is 18.3. The van der Waals surface area contributed by atoms with Gasteiger partial charge in [-0.05, 0) is 89.9 Å². The average molecular weight is 645 g/mol. The summed E-state index contributed by atoms with van der Waals surface area (Å²) < 4.78 is 2.56. The van der Waals surface area contributed by atoms with Gasteiger partial charge < -0.3 is 9.47 Å². The lowest BCUT2D eigenvalue weighted by molar-refractivity contribution is 0.527. The molecule has 0 spiro atoms. The van der Waals surface area contributed by atoms with Gasteiger partial charge in [0.05, 0.1) is 11.0 Å². The molecule has 242 valence electrons. The first-order valence-corrected chi connectivity index (χ1v) is 18.3. The predicted molar refractivity (Wildman–Crippen MR) is 211 cm³/mol. The molecule has 5 aromatic carbocycles. The second-order valence-corrected chi connectivity index (χ2v) is 14.3. The summed E-state index contributed by atoms with van der Waals surface area (Å²) >= 11 is 0. The maximum absolute atomic E-state index is 2.63. The molecular weight excluding hydrogens is 605 g/mol. The van der Waals surface area contributed by atoms with Crippen molar-refractivity contribution in [1.29, 1.82) is 0 Å². The van der Waals surface area contributed by atoms with Gasteiger partial charge in [0.2, 0.25) is 0 Å². The van der Waals surface area contributed by atoms with Crippen LogP contribution in [0, 0.1) is 5.92 Å². The highest BCUT2D eigenvalue weighted by atomic mass is 15.2. The minimum Gasteiger partial charge on any atom is -0.337 e. The van der Waals surface area contributed by atoms with Crippen molar-refractivity contribution in [2.75, 3.05) is 4.90 Å². The molecule has 2 heterocycles. The number of rotatable bonds is 5. The predicted octanol–water partition coefficient (Wildman–Crippen LogP) is 12.5. The number of benzene rings is 5. The molecule has 0 N–H and O–H groups in total. The summed E-state index contributed by atoms with van der Waals surface area (Å²) in [6.45, 7) is 0. The lowest BCUT2D eigenvalue weighted by Gasteiger charge is -2.35. The number of hydrogen-bond acceptors (Lipinski definition) is 1. The molecule has 50 heavy (non-hydrogen) atoms. The van der Waals surface area contributed by atoms with Crippen LogP contribution >= 0.6 is 0 Å². The van der Waals surface area contributed by atoms with Crippen LogP contribution < -0.4 is 4.90 Å². The third-order valence-corrected chi connectivity index (χ3v) is 11.5. The molecule has 4 aliphatic rings. The van der Waals surface area contributed by atoms with E-state index in [1.54, 1.807) is 0 Å². The summed E-state index contributed by atoms with van der Waals surface area (Å²) in [4.78, 5) is 2.63. The van der Waals surface area contributed by atoms with Crippen LogP contribution in [0.2, 0.25) is 0 Å². The topological polar surface area (TPSA) is 8.17 Å². The lowest BCUT2D eigenvalue weighted by Crippen LogP contribution is -2.33. The van der Waals surface area contributed by atoms with Gasteiger partial charge in [0, 0.05) is 51.6 Å². The van der Waals surface area contributed by atoms with E-state index in [-0.39, 0.29) is 0 Å². The summed E-state index contributed by atoms with van der Waals surface area (Å²) in [6, 6.07) is 45.5. The highest BCUT2D eigenvalue weighted by molar-refractivity contribution is 6.10. The van der Waals surface area contributed by atoms with Crippen molar-refractivity contribution in [3.63, 3.8) is 0 Å². The second-order valence-electron chi connectivity index (χ2n) is 14.3. The molecule has 0 bridgehead atoms. The van der Waals surface area contributed by atoms with Gasteiger partial charge in [0.25, 0.3) is 0 Å². The fraction of sp³-hybridized carbons (Fsp3) is 0.167. The Morgan fingerprint density at radius 2 is 1.46 bits per heavy atom. The quantitative estimate of drug-likeness (QED) is 0.170. The van der Waals surface area contributed by atoms with Crippen LogP contribution in [0.5, 0.6) is 0 Å². The molecule has 0 saturated carbocycles. The molecule has 0 amide bonds. The largest absolute Gasteiger partial charge is 0.337 e. The first-order chi connectivity index (χ1) is 24.8. The number of anilines is 2. The maximum atomic E-state index is 2.63. The smallest absolute Gasteiger partial charge is 0.0540 e. The third-order valence-electron chi connectivity index (χ3n) is 11.5. The summed E-state index contributed by atoms with van der Waals surface area (Å²) in [7, 11) is 0. The van der Waals surface area contributed by atoms with Gasteiger partial charge in [-0.1, -0.05) is 134 Å². The highest BCUT2D eigenvalue weighted by Crippen LogP contribution is 2.52. The van der Waals surface area contributed by atoms with Crippen LogP contribution in [-0.2, 0) is 0 Å². The molecule has 1 aliphatic heterocycles. The average Bonchev–Trinajstić information content (AvgIpc) is 3.71. The van der Waals surface area contributed by atoms with Gasteiger partial charge in [0.1, 0.15) is 0 Å². The van der Waals surface area contributed by atoms with Gasteiger partial charge in [-0.25, -0.2) is 0 Å². The normalized spacial score (nSPS) is 22.4. The van der Waals surface area contributed by atoms with E-state index in [4.69, 9.17) is 0 Å². The molecular formula is C48H40N2. The Balaban J connectivity index is 1.04. The van der Waals surface area contributed by atoms with E-state index >= 15 is 0 Å². The Hall–Kier alpha value is -5.60. The van der Waals surface area contributed by atoms with Crippen LogP contribution in [-0.4, -0.2) is 10.6 Å². The molecule has 0 radical (unpaired) electrons. The van der Waals surface area contributed by atoms with Gasteiger partial charge in [0.15, 0.2) is 0 Å². The van der Waals surface area contributed by atoms with Crippen molar-refractivity contribution in [3.05, 3.63) is 187 Å². The summed E-state index contributed by atoms with van der Waals surface area (Å²) in [5.41, 5.74) is 13.4. The van der Waals surface area contributed by atoms with Crippen LogP contribution in [0.3, 0.4) is 0 Å². The zero-order valence-corrected chi connectivity index (χ0v) is 28.2. The Morgan fingerprint density at radius 1 is 0.620 bits per heavy atom. The van der Waals surface area contributed by atoms with Crippen molar-refractivity contribution >= 4 is 38.9 Å². The summed E-state index contributed by atoms with van der Waals surface area (Å²) in [5.74, 6) is 1.11. The van der Waals surface area contributed by atoms with Gasteiger partial charge >= 0.3 is 0 Å². The second kappa shape index (κ2) is 12.1. The molecule has 4 atom stereocenters. The molecule has 2 heteroatoms. The summed E-state index contributed by atoms with van der Waals surface area (Å²) in [6.07, 6.45) is 23.5. The van der Waals surface area contributed by atoms with E-state index in [2.05, 4.69) is 179 Å². The van der Waals surface area contributed by atoms with E-state index in [9.17, 15) is 0 Å². The standard InChI is InChI=1S/C48H40N2/c1-3-13-33(14-4-1)35-17-11-19-39(29-35)49-45-23-9-7-21-41(45)43-27-25-37(31-47(43)49)38-26-28-44-42-22-8-10-24-46(42)50(48(44)32-38)40-20-12-18-36(30-40)34-15-5-2-6-16-34/h1,3-5,7-29,32,36-37,43,47H,2,6,30-31H2. The van der Waals surface area contributed by atoms with Crippen LogP contribution in [0.25, 0.3) is 38.6 Å². The Bertz CT molecular complexity index is 2420. The SMILES string of the molecule is C1=CC(C2=CCCC=C2)CC(n2c3ccccc3c3ccc(C4C=CC5c6ccccc6N(c6cccc(-c7ccccc7)c6)C5C4)cc32)=C1. The van der Waals surface area contributed by atoms with Crippen molar-refractivity contribution in [3.8, 4) is 11.1 Å². The van der Waals surface area contributed by atoms with Gasteiger partial charge in [-0.15, -0.1) is 0 Å². The van der Waals surface area contributed by atoms with Crippen molar-refractivity contribution in [1.82, 2.24) is 4.57 Å². The van der Waals surface area contributed by atoms with E-state index in [1.807, 2.05) is 0 Å². The van der Waals surface area contributed by atoms with E-state index in [1.165, 1.54) is 66.7 Å². The minimum atomic E-state index is 0.326. The Morgan fingerprint density at radius 3 is 2.38 bits per heavy atom. The maximum Gasteiger partial charge on any atom is 0.0540 e. The van der Waals surface area contributed by atoms with Crippen LogP contribution in [0.4, 0.5) is 11.4 Å². The molecule has 1 aromatic heterocycles. The highest BCUT2D eigenvalue weighted by Gasteiger charge is 2.41. The Kier molecular flexibility index (Phi) is 7.08. The van der Waals surface area contributed by atoms with E-state index < -0.39 is 0 Å². The number of nitrogens with zero attached hydrogens (tertiary/aromatic N) is 2. The number of hydrogen-bond donors (Lipinski definition) is 0. The molecule has 3 aliphatic carbocycles. The van der Waals surface area contributed by atoms with Gasteiger partial charge in [-0.3, -0.25) is 0 Å². The van der Waals surface area contributed by atoms with Gasteiger partial charge in [-0.2, -0.15) is 0 Å². The van der Waals surface area contributed by atoms with Crippen molar-refractivity contribution in [2.24, 2.45) is 5.92 Å². The lowest BCUT2D eigenvalue weighted by atomic mass is 9.79. The number of fused-ring (bicyclic) bond motifs is 6. The summed E-state index contributed by atoms with van der Waals surface area (Å²) in [5, 5.41) is 2.66. The van der Waals surface area contributed by atoms with Crippen molar-refractivity contribution < 1.29 is 0 Å². The fourth-order valence-corrected chi connectivity index (χ4v) is 9.15. The number of aromatic nitrogens is 1. The van der Waals surface area contributed by atoms with Crippen LogP contribution in [0.15, 0.2) is 176 Å². The zero-order chi connectivity index (χ0) is 33.0. The van der Waals surface area contributed by atoms with Crippen molar-refractivity contribution in [2.45, 2.75) is 43.6 Å².